The predicted octanol–water partition coefficient (Wildman–Crippen LogP) is 0.459. The first kappa shape index (κ1) is 10.1. The molecule has 1 aliphatic rings. The molecule has 0 unspecified atom stereocenters. The lowest BCUT2D eigenvalue weighted by molar-refractivity contribution is 0.0518. The number of nitrogens with two attached hydrogens (primary N) is 1. The van der Waals surface area contributed by atoms with E-state index in [1.807, 2.05) is 6.92 Å². The Hall–Kier alpha value is -1.05. The number of hydrogen-bond donors (Lipinski definition) is 1. The molecule has 86 valence electrons. The predicted molar refractivity (Wildman–Crippen MR) is 59.3 cm³/mol. The molecule has 7 heteroatoms. The highest BCUT2D eigenvalue weighted by Crippen LogP contribution is 2.32. The third-order valence-electron chi connectivity index (χ3n) is 2.96. The number of rotatable bonds is 1. The first-order valence-electron chi connectivity index (χ1n) is 5.25. The highest BCUT2D eigenvalue weighted by Gasteiger charge is 2.34. The average molecular weight is 239 g/mol. The summed E-state index contributed by atoms with van der Waals surface area (Å²) < 4.78 is 7.08. The molecule has 3 rings (SSSR count). The number of aryl methyl sites for hydroxylation is 1. The second-order valence-electron chi connectivity index (χ2n) is 4.12. The van der Waals surface area contributed by atoms with E-state index in [1.54, 1.807) is 4.52 Å². The smallest absolute Gasteiger partial charge is 0.234 e. The Kier molecular flexibility index (Phi) is 2.20. The van der Waals surface area contributed by atoms with E-state index in [0.29, 0.717) is 13.2 Å². The molecule has 0 aliphatic carbocycles. The van der Waals surface area contributed by atoms with Crippen LogP contribution >= 0.6 is 11.3 Å². The third kappa shape index (κ3) is 1.43. The highest BCUT2D eigenvalue weighted by atomic mass is 32.1. The zero-order valence-corrected chi connectivity index (χ0v) is 9.83. The summed E-state index contributed by atoms with van der Waals surface area (Å²) in [6.07, 6.45) is 1.63. The van der Waals surface area contributed by atoms with Crippen molar-refractivity contribution in [2.45, 2.75) is 25.3 Å². The van der Waals surface area contributed by atoms with Crippen LogP contribution in [0.4, 0.5) is 0 Å². The zero-order valence-electron chi connectivity index (χ0n) is 9.01. The van der Waals surface area contributed by atoms with E-state index in [0.717, 1.165) is 28.6 Å². The highest BCUT2D eigenvalue weighted by molar-refractivity contribution is 7.16. The fourth-order valence-corrected chi connectivity index (χ4v) is 2.91. The van der Waals surface area contributed by atoms with Crippen LogP contribution in [0.3, 0.4) is 0 Å². The van der Waals surface area contributed by atoms with Gasteiger partial charge in [0.1, 0.15) is 5.01 Å². The molecule has 0 aromatic carbocycles. The van der Waals surface area contributed by atoms with Crippen LogP contribution in [0.5, 0.6) is 0 Å². The van der Waals surface area contributed by atoms with Gasteiger partial charge in [-0.3, -0.25) is 0 Å². The lowest BCUT2D eigenvalue weighted by atomic mass is 9.92. The van der Waals surface area contributed by atoms with Crippen LogP contribution in [0.25, 0.3) is 4.96 Å². The van der Waals surface area contributed by atoms with Gasteiger partial charge < -0.3 is 10.5 Å². The number of aromatic nitrogens is 4. The molecule has 0 spiro atoms. The van der Waals surface area contributed by atoms with E-state index >= 15 is 0 Å². The Morgan fingerprint density at radius 2 is 2.12 bits per heavy atom. The van der Waals surface area contributed by atoms with Crippen LogP contribution in [-0.4, -0.2) is 33.0 Å². The first-order valence-corrected chi connectivity index (χ1v) is 6.07. The summed E-state index contributed by atoms with van der Waals surface area (Å²) >= 11 is 1.52. The largest absolute Gasteiger partial charge is 0.381 e. The van der Waals surface area contributed by atoms with Crippen LogP contribution in [0, 0.1) is 6.92 Å². The van der Waals surface area contributed by atoms with Crippen molar-refractivity contribution in [1.82, 2.24) is 19.8 Å². The molecular formula is C9H13N5OS. The van der Waals surface area contributed by atoms with Gasteiger partial charge in [0.2, 0.25) is 4.96 Å². The normalized spacial score (nSPS) is 20.4. The summed E-state index contributed by atoms with van der Waals surface area (Å²) in [5.74, 6) is 0.799. The average Bonchev–Trinajstić information content (AvgIpc) is 2.83. The van der Waals surface area contributed by atoms with Crippen molar-refractivity contribution < 1.29 is 4.74 Å². The summed E-state index contributed by atoms with van der Waals surface area (Å²) in [5, 5.41) is 13.4. The standard InChI is InChI=1S/C9H13N5OS/c1-6-11-12-8-14(6)13-7(16-8)9(10)2-4-15-5-3-9/h2-5,10H2,1H3. The summed E-state index contributed by atoms with van der Waals surface area (Å²) in [4.78, 5) is 0.809. The van der Waals surface area contributed by atoms with Gasteiger partial charge in [0.15, 0.2) is 5.82 Å². The van der Waals surface area contributed by atoms with Crippen LogP contribution < -0.4 is 5.73 Å². The fraction of sp³-hybridized carbons (Fsp3) is 0.667. The van der Waals surface area contributed by atoms with Gasteiger partial charge in [-0.2, -0.15) is 9.61 Å². The van der Waals surface area contributed by atoms with E-state index in [2.05, 4.69) is 15.3 Å². The Balaban J connectivity index is 2.04. The molecule has 1 fully saturated rings. The van der Waals surface area contributed by atoms with Gasteiger partial charge in [0.05, 0.1) is 5.54 Å². The zero-order chi connectivity index (χ0) is 11.2. The lowest BCUT2D eigenvalue weighted by Crippen LogP contribution is -2.42. The minimum Gasteiger partial charge on any atom is -0.381 e. The van der Waals surface area contributed by atoms with Gasteiger partial charge in [0.25, 0.3) is 0 Å². The summed E-state index contributed by atoms with van der Waals surface area (Å²) in [6.45, 7) is 3.29. The maximum absolute atomic E-state index is 6.36. The van der Waals surface area contributed by atoms with Gasteiger partial charge in [-0.05, 0) is 19.8 Å². The first-order chi connectivity index (χ1) is 7.69. The SMILES string of the molecule is Cc1nnc2sc(C3(N)CCOCC3)nn12. The quantitative estimate of drug-likeness (QED) is 0.782. The van der Waals surface area contributed by atoms with Crippen molar-refractivity contribution in [1.29, 1.82) is 0 Å². The third-order valence-corrected chi connectivity index (χ3v) is 4.08. The second kappa shape index (κ2) is 3.47. The number of fused-ring (bicyclic) bond motifs is 1. The van der Waals surface area contributed by atoms with E-state index in [9.17, 15) is 0 Å². The van der Waals surface area contributed by atoms with Gasteiger partial charge >= 0.3 is 0 Å². The molecule has 3 heterocycles. The molecule has 16 heavy (non-hydrogen) atoms. The summed E-state index contributed by atoms with van der Waals surface area (Å²) in [7, 11) is 0. The Morgan fingerprint density at radius 1 is 1.38 bits per heavy atom. The van der Waals surface area contributed by atoms with Gasteiger partial charge in [-0.1, -0.05) is 11.3 Å². The van der Waals surface area contributed by atoms with E-state index < -0.39 is 0 Å². The molecule has 0 radical (unpaired) electrons. The monoisotopic (exact) mass is 239 g/mol. The van der Waals surface area contributed by atoms with Crippen molar-refractivity contribution in [3.05, 3.63) is 10.8 Å². The van der Waals surface area contributed by atoms with Crippen molar-refractivity contribution in [2.75, 3.05) is 13.2 Å². The molecule has 2 aromatic heterocycles. The molecule has 2 aromatic rings. The van der Waals surface area contributed by atoms with E-state index in [1.165, 1.54) is 11.3 Å². The molecular weight excluding hydrogens is 226 g/mol. The van der Waals surface area contributed by atoms with E-state index in [4.69, 9.17) is 10.5 Å². The van der Waals surface area contributed by atoms with Crippen LogP contribution in [-0.2, 0) is 10.3 Å². The Bertz CT molecular complexity index is 513. The van der Waals surface area contributed by atoms with Crippen molar-refractivity contribution >= 4 is 16.3 Å². The Morgan fingerprint density at radius 3 is 2.81 bits per heavy atom. The molecule has 0 amide bonds. The van der Waals surface area contributed by atoms with Crippen LogP contribution in [0.2, 0.25) is 0 Å². The van der Waals surface area contributed by atoms with Crippen molar-refractivity contribution in [2.24, 2.45) is 5.73 Å². The molecule has 0 saturated carbocycles. The topological polar surface area (TPSA) is 78.3 Å². The maximum atomic E-state index is 6.36. The van der Waals surface area contributed by atoms with Crippen molar-refractivity contribution in [3.63, 3.8) is 0 Å². The number of hydrogen-bond acceptors (Lipinski definition) is 6. The molecule has 1 saturated heterocycles. The lowest BCUT2D eigenvalue weighted by Gasteiger charge is -2.30. The van der Waals surface area contributed by atoms with Crippen LogP contribution in [0.1, 0.15) is 23.7 Å². The molecule has 6 nitrogen and oxygen atoms in total. The van der Waals surface area contributed by atoms with Gasteiger partial charge in [-0.25, -0.2) is 0 Å². The molecule has 0 bridgehead atoms. The molecule has 1 aliphatic heterocycles. The minimum absolute atomic E-state index is 0.351. The minimum atomic E-state index is -0.351. The number of ether oxygens (including phenoxy) is 1. The second-order valence-corrected chi connectivity index (χ2v) is 5.07. The maximum Gasteiger partial charge on any atom is 0.234 e. The Labute approximate surface area is 96.4 Å². The summed E-state index contributed by atoms with van der Waals surface area (Å²) in [5.41, 5.74) is 6.01. The molecule has 0 atom stereocenters. The van der Waals surface area contributed by atoms with Crippen LogP contribution in [0.15, 0.2) is 0 Å². The van der Waals surface area contributed by atoms with E-state index in [-0.39, 0.29) is 5.54 Å². The fourth-order valence-electron chi connectivity index (χ4n) is 1.87. The van der Waals surface area contributed by atoms with Gasteiger partial charge in [0, 0.05) is 13.2 Å². The molecule has 2 N–H and O–H groups in total. The summed E-state index contributed by atoms with van der Waals surface area (Å²) in [6, 6.07) is 0. The van der Waals surface area contributed by atoms with Crippen molar-refractivity contribution in [3.8, 4) is 0 Å². The van der Waals surface area contributed by atoms with Gasteiger partial charge in [-0.15, -0.1) is 10.2 Å². The number of nitrogens with zero attached hydrogens (tertiary/aromatic N) is 4.